The Balaban J connectivity index is 1.57. The van der Waals surface area contributed by atoms with E-state index >= 15 is 0 Å². The van der Waals surface area contributed by atoms with Crippen molar-refractivity contribution < 1.29 is 4.74 Å². The van der Waals surface area contributed by atoms with Gasteiger partial charge in [-0.3, -0.25) is 0 Å². The zero-order valence-electron chi connectivity index (χ0n) is 13.2. The smallest absolute Gasteiger partial charge is 0.213 e. The van der Waals surface area contributed by atoms with Crippen molar-refractivity contribution in [2.75, 3.05) is 6.61 Å². The Kier molecular flexibility index (Phi) is 5.13. The van der Waals surface area contributed by atoms with Crippen LogP contribution in [0, 0.1) is 5.92 Å². The molecule has 1 heterocycles. The highest BCUT2D eigenvalue weighted by Crippen LogP contribution is 2.25. The zero-order chi connectivity index (χ0) is 14.5. The minimum absolute atomic E-state index is 0.735. The molecule has 3 heteroatoms. The fourth-order valence-electron chi connectivity index (χ4n) is 3.08. The van der Waals surface area contributed by atoms with Crippen LogP contribution in [0.25, 0.3) is 0 Å². The van der Waals surface area contributed by atoms with Gasteiger partial charge in [0.25, 0.3) is 0 Å². The van der Waals surface area contributed by atoms with Crippen molar-refractivity contribution in [1.82, 2.24) is 10.3 Å². The molecule has 2 aliphatic rings. The predicted molar refractivity (Wildman–Crippen MR) is 85.5 cm³/mol. The molecule has 1 aromatic heterocycles. The van der Waals surface area contributed by atoms with Gasteiger partial charge in [0.15, 0.2) is 0 Å². The third-order valence-electron chi connectivity index (χ3n) is 4.64. The summed E-state index contributed by atoms with van der Waals surface area (Å²) in [5.74, 6) is 1.56. The van der Waals surface area contributed by atoms with Gasteiger partial charge < -0.3 is 10.1 Å². The number of nitrogens with one attached hydrogen (secondary N) is 1. The second kappa shape index (κ2) is 7.26. The Labute approximate surface area is 128 Å². The molecule has 0 bridgehead atoms. The minimum Gasteiger partial charge on any atom is -0.477 e. The maximum Gasteiger partial charge on any atom is 0.213 e. The number of aromatic nitrogens is 1. The van der Waals surface area contributed by atoms with Crippen molar-refractivity contribution in [2.45, 2.75) is 70.9 Å². The first kappa shape index (κ1) is 14.8. The van der Waals surface area contributed by atoms with E-state index in [1.54, 1.807) is 0 Å². The van der Waals surface area contributed by atoms with Crippen molar-refractivity contribution in [1.29, 1.82) is 0 Å². The normalized spacial score (nSPS) is 19.7. The molecule has 2 aliphatic carbocycles. The lowest BCUT2D eigenvalue weighted by Gasteiger charge is -2.21. The van der Waals surface area contributed by atoms with E-state index in [1.165, 1.54) is 50.5 Å². The van der Waals surface area contributed by atoms with Crippen LogP contribution in [0.1, 0.15) is 63.1 Å². The van der Waals surface area contributed by atoms with Gasteiger partial charge in [-0.25, -0.2) is 4.98 Å². The number of hydrogen-bond donors (Lipinski definition) is 1. The van der Waals surface area contributed by atoms with Gasteiger partial charge >= 0.3 is 0 Å². The maximum absolute atomic E-state index is 6.01. The summed E-state index contributed by atoms with van der Waals surface area (Å²) in [6, 6.07) is 5.08. The lowest BCUT2D eigenvalue weighted by Crippen LogP contribution is -2.17. The monoisotopic (exact) mass is 288 g/mol. The van der Waals surface area contributed by atoms with Crippen LogP contribution in [-0.2, 0) is 13.0 Å². The van der Waals surface area contributed by atoms with Crippen LogP contribution in [0.15, 0.2) is 12.1 Å². The SMILES string of the molecule is CCc1cc(CNC2CC2)cc(OCC2CCCCC2)n1. The summed E-state index contributed by atoms with van der Waals surface area (Å²) in [6.07, 6.45) is 10.4. The highest BCUT2D eigenvalue weighted by Gasteiger charge is 2.20. The molecule has 0 radical (unpaired) electrons. The first-order chi connectivity index (χ1) is 10.3. The molecule has 1 aromatic rings. The van der Waals surface area contributed by atoms with Gasteiger partial charge in [-0.15, -0.1) is 0 Å². The van der Waals surface area contributed by atoms with Gasteiger partial charge in [0.1, 0.15) is 0 Å². The standard InChI is InChI=1S/C18H28N2O/c1-2-16-10-15(12-19-17-8-9-17)11-18(20-16)21-13-14-6-4-3-5-7-14/h10-11,14,17,19H,2-9,12-13H2,1H3. The van der Waals surface area contributed by atoms with E-state index in [2.05, 4.69) is 29.4 Å². The third kappa shape index (κ3) is 4.70. The molecule has 0 aromatic carbocycles. The van der Waals surface area contributed by atoms with Gasteiger partial charge in [-0.05, 0) is 49.7 Å². The number of pyridine rings is 1. The third-order valence-corrected chi connectivity index (χ3v) is 4.64. The second-order valence-corrected chi connectivity index (χ2v) is 6.63. The Hall–Kier alpha value is -1.09. The molecule has 0 amide bonds. The number of nitrogens with zero attached hydrogens (tertiary/aromatic N) is 1. The molecule has 3 nitrogen and oxygen atoms in total. The van der Waals surface area contributed by atoms with Gasteiger partial charge in [0.2, 0.25) is 5.88 Å². The minimum atomic E-state index is 0.735. The van der Waals surface area contributed by atoms with E-state index in [1.807, 2.05) is 0 Å². The molecule has 116 valence electrons. The van der Waals surface area contributed by atoms with E-state index in [4.69, 9.17) is 4.74 Å². The molecule has 0 spiro atoms. The van der Waals surface area contributed by atoms with Crippen LogP contribution in [0.2, 0.25) is 0 Å². The molecule has 0 unspecified atom stereocenters. The zero-order valence-corrected chi connectivity index (χ0v) is 13.2. The molecule has 2 fully saturated rings. The van der Waals surface area contributed by atoms with E-state index < -0.39 is 0 Å². The molecule has 1 N–H and O–H groups in total. The number of rotatable bonds is 7. The van der Waals surface area contributed by atoms with Crippen LogP contribution in [0.3, 0.4) is 0 Å². The van der Waals surface area contributed by atoms with Crippen LogP contribution in [0.4, 0.5) is 0 Å². The Morgan fingerprint density at radius 3 is 2.67 bits per heavy atom. The van der Waals surface area contributed by atoms with Crippen molar-refractivity contribution in [2.24, 2.45) is 5.92 Å². The number of hydrogen-bond acceptors (Lipinski definition) is 3. The first-order valence-electron chi connectivity index (χ1n) is 8.69. The van der Waals surface area contributed by atoms with Gasteiger partial charge in [-0.2, -0.15) is 0 Å². The Morgan fingerprint density at radius 1 is 1.14 bits per heavy atom. The van der Waals surface area contributed by atoms with Gasteiger partial charge in [-0.1, -0.05) is 26.2 Å². The molecule has 0 aliphatic heterocycles. The fraction of sp³-hybridized carbons (Fsp3) is 0.722. The highest BCUT2D eigenvalue weighted by molar-refractivity contribution is 5.25. The lowest BCUT2D eigenvalue weighted by molar-refractivity contribution is 0.202. The summed E-state index contributed by atoms with van der Waals surface area (Å²) in [5.41, 5.74) is 2.45. The maximum atomic E-state index is 6.01. The molecule has 3 rings (SSSR count). The summed E-state index contributed by atoms with van der Waals surface area (Å²) < 4.78 is 6.01. The average Bonchev–Trinajstić information content (AvgIpc) is 3.36. The fourth-order valence-corrected chi connectivity index (χ4v) is 3.08. The van der Waals surface area contributed by atoms with Crippen LogP contribution < -0.4 is 10.1 Å². The Bertz CT molecular complexity index is 451. The second-order valence-electron chi connectivity index (χ2n) is 6.63. The van der Waals surface area contributed by atoms with Crippen LogP contribution in [-0.4, -0.2) is 17.6 Å². The molecule has 0 saturated heterocycles. The summed E-state index contributed by atoms with van der Waals surface area (Å²) in [4.78, 5) is 4.63. The van der Waals surface area contributed by atoms with Crippen molar-refractivity contribution in [3.8, 4) is 5.88 Å². The lowest BCUT2D eigenvalue weighted by atomic mass is 9.90. The van der Waals surface area contributed by atoms with E-state index in [0.717, 1.165) is 43.1 Å². The van der Waals surface area contributed by atoms with Crippen LogP contribution >= 0.6 is 0 Å². The quantitative estimate of drug-likeness (QED) is 0.827. The summed E-state index contributed by atoms with van der Waals surface area (Å²) in [5, 5.41) is 3.57. The first-order valence-corrected chi connectivity index (χ1v) is 8.69. The molecular weight excluding hydrogens is 260 g/mol. The molecule has 0 atom stereocenters. The van der Waals surface area contributed by atoms with Crippen molar-refractivity contribution in [3.05, 3.63) is 23.4 Å². The van der Waals surface area contributed by atoms with Crippen LogP contribution in [0.5, 0.6) is 5.88 Å². The van der Waals surface area contributed by atoms with Crippen molar-refractivity contribution in [3.63, 3.8) is 0 Å². The topological polar surface area (TPSA) is 34.1 Å². The largest absolute Gasteiger partial charge is 0.477 e. The summed E-state index contributed by atoms with van der Waals surface area (Å²) in [7, 11) is 0. The molecule has 2 saturated carbocycles. The summed E-state index contributed by atoms with van der Waals surface area (Å²) in [6.45, 7) is 3.95. The van der Waals surface area contributed by atoms with E-state index in [0.29, 0.717) is 0 Å². The predicted octanol–water partition coefficient (Wildman–Crippen LogP) is 3.86. The Morgan fingerprint density at radius 2 is 1.95 bits per heavy atom. The number of ether oxygens (including phenoxy) is 1. The van der Waals surface area contributed by atoms with Gasteiger partial charge in [0, 0.05) is 24.3 Å². The van der Waals surface area contributed by atoms with Crippen molar-refractivity contribution >= 4 is 0 Å². The summed E-state index contributed by atoms with van der Waals surface area (Å²) >= 11 is 0. The average molecular weight is 288 g/mol. The van der Waals surface area contributed by atoms with E-state index in [9.17, 15) is 0 Å². The van der Waals surface area contributed by atoms with E-state index in [-0.39, 0.29) is 0 Å². The van der Waals surface area contributed by atoms with Gasteiger partial charge in [0.05, 0.1) is 6.61 Å². The highest BCUT2D eigenvalue weighted by atomic mass is 16.5. The number of aryl methyl sites for hydroxylation is 1. The molecular formula is C18H28N2O. The molecule has 21 heavy (non-hydrogen) atoms.